The van der Waals surface area contributed by atoms with Gasteiger partial charge in [-0.3, -0.25) is 9.48 Å². The third kappa shape index (κ3) is 3.58. The van der Waals surface area contributed by atoms with Crippen molar-refractivity contribution in [3.63, 3.8) is 0 Å². The lowest BCUT2D eigenvalue weighted by atomic mass is 10.2. The minimum absolute atomic E-state index is 0.122. The van der Waals surface area contributed by atoms with Gasteiger partial charge in [-0.1, -0.05) is 6.92 Å². The van der Waals surface area contributed by atoms with Crippen molar-refractivity contribution in [2.24, 2.45) is 7.05 Å². The number of aliphatic carboxylic acids is 1. The second-order valence-electron chi connectivity index (χ2n) is 3.49. The number of hydrogen-bond donors (Lipinski definition) is 1. The molecule has 5 heteroatoms. The van der Waals surface area contributed by atoms with E-state index in [9.17, 15) is 4.79 Å². The van der Waals surface area contributed by atoms with Crippen LogP contribution in [0.3, 0.4) is 0 Å². The lowest BCUT2D eigenvalue weighted by Gasteiger charge is -2.11. The van der Waals surface area contributed by atoms with E-state index in [1.165, 1.54) is 0 Å². The third-order valence-electron chi connectivity index (χ3n) is 2.10. The Hall–Kier alpha value is -0.970. The first-order valence-corrected chi connectivity index (χ1v) is 5.80. The summed E-state index contributed by atoms with van der Waals surface area (Å²) < 4.78 is 1.80. The number of carboxylic acid groups (broad SMARTS) is 1. The second-order valence-corrected chi connectivity index (χ2v) is 4.81. The molecule has 84 valence electrons. The van der Waals surface area contributed by atoms with Gasteiger partial charge in [-0.25, -0.2) is 0 Å². The molecule has 0 saturated carbocycles. The molecule has 0 aliphatic carbocycles. The van der Waals surface area contributed by atoms with E-state index in [2.05, 4.69) is 5.10 Å². The number of carbonyl (C=O) groups is 1. The summed E-state index contributed by atoms with van der Waals surface area (Å²) in [6.45, 7) is 3.94. The summed E-state index contributed by atoms with van der Waals surface area (Å²) in [4.78, 5) is 10.6. The van der Waals surface area contributed by atoms with Crippen molar-refractivity contribution >= 4 is 17.7 Å². The minimum atomic E-state index is -0.742. The fraction of sp³-hybridized carbons (Fsp3) is 0.600. The van der Waals surface area contributed by atoms with Gasteiger partial charge in [0, 0.05) is 12.3 Å². The molecule has 0 amide bonds. The normalized spacial score (nSPS) is 12.7. The van der Waals surface area contributed by atoms with Crippen LogP contribution in [0.5, 0.6) is 0 Å². The quantitative estimate of drug-likeness (QED) is 0.784. The summed E-state index contributed by atoms with van der Waals surface area (Å²) in [5, 5.41) is 14.1. The second kappa shape index (κ2) is 5.21. The molecule has 0 saturated heterocycles. The van der Waals surface area contributed by atoms with E-state index in [1.54, 1.807) is 16.4 Å². The molecule has 1 rings (SSSR count). The van der Waals surface area contributed by atoms with Crippen LogP contribution in [0.15, 0.2) is 11.1 Å². The minimum Gasteiger partial charge on any atom is -0.481 e. The molecule has 1 heterocycles. The van der Waals surface area contributed by atoms with Crippen molar-refractivity contribution in [1.29, 1.82) is 0 Å². The maximum Gasteiger partial charge on any atom is 0.304 e. The first kappa shape index (κ1) is 12.1. The van der Waals surface area contributed by atoms with Crippen LogP contribution in [0.2, 0.25) is 0 Å². The first-order chi connectivity index (χ1) is 7.02. The number of hydrogen-bond acceptors (Lipinski definition) is 3. The SMILES string of the molecule is CCC(CC(=O)O)Sc1cc(C)nn1C. The Bertz CT molecular complexity index is 349. The van der Waals surface area contributed by atoms with E-state index in [-0.39, 0.29) is 11.7 Å². The fourth-order valence-corrected chi connectivity index (χ4v) is 2.50. The highest BCUT2D eigenvalue weighted by atomic mass is 32.2. The van der Waals surface area contributed by atoms with Crippen molar-refractivity contribution in [2.75, 3.05) is 0 Å². The van der Waals surface area contributed by atoms with Crippen LogP contribution >= 0.6 is 11.8 Å². The molecule has 0 radical (unpaired) electrons. The van der Waals surface area contributed by atoms with E-state index in [1.807, 2.05) is 27.0 Å². The Morgan fingerprint density at radius 1 is 1.73 bits per heavy atom. The summed E-state index contributed by atoms with van der Waals surface area (Å²) >= 11 is 1.58. The predicted molar refractivity (Wildman–Crippen MR) is 60.1 cm³/mol. The van der Waals surface area contributed by atoms with E-state index in [0.717, 1.165) is 17.1 Å². The van der Waals surface area contributed by atoms with Crippen LogP contribution in [0.25, 0.3) is 0 Å². The van der Waals surface area contributed by atoms with Crippen molar-refractivity contribution < 1.29 is 9.90 Å². The predicted octanol–water partition coefficient (Wildman–Crippen LogP) is 2.07. The Labute approximate surface area is 93.7 Å². The van der Waals surface area contributed by atoms with Gasteiger partial charge in [0.25, 0.3) is 0 Å². The molecule has 1 atom stereocenters. The average Bonchev–Trinajstić information content (AvgIpc) is 2.43. The van der Waals surface area contributed by atoms with Crippen molar-refractivity contribution in [2.45, 2.75) is 37.0 Å². The summed E-state index contributed by atoms with van der Waals surface area (Å²) in [5.74, 6) is -0.742. The molecule has 0 spiro atoms. The van der Waals surface area contributed by atoms with Crippen LogP contribution in [-0.4, -0.2) is 26.1 Å². The van der Waals surface area contributed by atoms with Gasteiger partial charge in [0.2, 0.25) is 0 Å². The summed E-state index contributed by atoms with van der Waals surface area (Å²) in [6, 6.07) is 1.98. The van der Waals surface area contributed by atoms with Gasteiger partial charge >= 0.3 is 5.97 Å². The van der Waals surface area contributed by atoms with Gasteiger partial charge in [0.05, 0.1) is 17.1 Å². The van der Waals surface area contributed by atoms with Crippen LogP contribution in [0, 0.1) is 6.92 Å². The molecule has 0 aromatic carbocycles. The molecular weight excluding hydrogens is 212 g/mol. The zero-order chi connectivity index (χ0) is 11.4. The van der Waals surface area contributed by atoms with E-state index in [0.29, 0.717) is 0 Å². The smallest absolute Gasteiger partial charge is 0.304 e. The van der Waals surface area contributed by atoms with Gasteiger partial charge in [0.1, 0.15) is 0 Å². The number of aromatic nitrogens is 2. The third-order valence-corrected chi connectivity index (χ3v) is 3.56. The summed E-state index contributed by atoms with van der Waals surface area (Å²) in [5.41, 5.74) is 0.963. The molecule has 15 heavy (non-hydrogen) atoms. The van der Waals surface area contributed by atoms with Crippen LogP contribution in [0.1, 0.15) is 25.5 Å². The summed E-state index contributed by atoms with van der Waals surface area (Å²) in [7, 11) is 1.88. The molecule has 0 bridgehead atoms. The molecule has 1 aromatic heterocycles. The van der Waals surface area contributed by atoms with Gasteiger partial charge in [-0.15, -0.1) is 11.8 Å². The van der Waals surface area contributed by atoms with Gasteiger partial charge < -0.3 is 5.11 Å². The standard InChI is InChI=1S/C10H16N2O2S/c1-4-8(6-10(13)14)15-9-5-7(2)11-12(9)3/h5,8H,4,6H2,1-3H3,(H,13,14). The fourth-order valence-electron chi connectivity index (χ4n) is 1.33. The lowest BCUT2D eigenvalue weighted by molar-refractivity contribution is -0.136. The summed E-state index contributed by atoms with van der Waals surface area (Å²) in [6.07, 6.45) is 1.05. The highest BCUT2D eigenvalue weighted by molar-refractivity contribution is 7.99. The molecular formula is C10H16N2O2S. The topological polar surface area (TPSA) is 55.1 Å². The number of thioether (sulfide) groups is 1. The van der Waals surface area contributed by atoms with Crippen LogP contribution < -0.4 is 0 Å². The van der Waals surface area contributed by atoms with Crippen molar-refractivity contribution in [1.82, 2.24) is 9.78 Å². The van der Waals surface area contributed by atoms with Crippen molar-refractivity contribution in [3.05, 3.63) is 11.8 Å². The highest BCUT2D eigenvalue weighted by Crippen LogP contribution is 2.27. The van der Waals surface area contributed by atoms with E-state index < -0.39 is 5.97 Å². The molecule has 0 fully saturated rings. The number of rotatable bonds is 5. The Balaban J connectivity index is 2.66. The molecule has 0 aliphatic rings. The number of aryl methyl sites for hydroxylation is 2. The van der Waals surface area contributed by atoms with Crippen LogP contribution in [-0.2, 0) is 11.8 Å². The molecule has 1 N–H and O–H groups in total. The maximum atomic E-state index is 10.6. The number of nitrogens with zero attached hydrogens (tertiary/aromatic N) is 2. The Kier molecular flexibility index (Phi) is 4.20. The van der Waals surface area contributed by atoms with Gasteiger partial charge in [0.15, 0.2) is 0 Å². The monoisotopic (exact) mass is 228 g/mol. The molecule has 0 aliphatic heterocycles. The van der Waals surface area contributed by atoms with Crippen molar-refractivity contribution in [3.8, 4) is 0 Å². The average molecular weight is 228 g/mol. The van der Waals surface area contributed by atoms with Gasteiger partial charge in [-0.05, 0) is 19.4 Å². The Morgan fingerprint density at radius 3 is 2.80 bits per heavy atom. The number of carboxylic acids is 1. The van der Waals surface area contributed by atoms with Crippen LogP contribution in [0.4, 0.5) is 0 Å². The zero-order valence-corrected chi connectivity index (χ0v) is 10.0. The van der Waals surface area contributed by atoms with Gasteiger partial charge in [-0.2, -0.15) is 5.10 Å². The van der Waals surface area contributed by atoms with E-state index >= 15 is 0 Å². The maximum absolute atomic E-state index is 10.6. The Morgan fingerprint density at radius 2 is 2.40 bits per heavy atom. The molecule has 1 unspecified atom stereocenters. The lowest BCUT2D eigenvalue weighted by Crippen LogP contribution is -2.09. The van der Waals surface area contributed by atoms with E-state index in [4.69, 9.17) is 5.11 Å². The highest BCUT2D eigenvalue weighted by Gasteiger charge is 2.14. The molecule has 1 aromatic rings. The zero-order valence-electron chi connectivity index (χ0n) is 9.23. The first-order valence-electron chi connectivity index (χ1n) is 4.92. The largest absolute Gasteiger partial charge is 0.481 e. The molecule has 4 nitrogen and oxygen atoms in total.